The largest absolute Gasteiger partial charge is 0.341 e. The van der Waals surface area contributed by atoms with Crippen LogP contribution in [0.4, 0.5) is 11.6 Å². The molecule has 1 N–H and O–H groups in total. The van der Waals surface area contributed by atoms with Crippen LogP contribution >= 0.6 is 12.2 Å². The maximum absolute atomic E-state index is 12.6. The van der Waals surface area contributed by atoms with E-state index in [1.165, 1.54) is 37.7 Å². The van der Waals surface area contributed by atoms with Gasteiger partial charge in [0.05, 0.1) is 13.2 Å². The third-order valence-electron chi connectivity index (χ3n) is 7.45. The van der Waals surface area contributed by atoms with Gasteiger partial charge < -0.3 is 10.2 Å². The Kier molecular flexibility index (Phi) is 7.04. The van der Waals surface area contributed by atoms with E-state index in [1.807, 2.05) is 16.8 Å². The van der Waals surface area contributed by atoms with Crippen LogP contribution in [0.2, 0.25) is 0 Å². The van der Waals surface area contributed by atoms with Crippen molar-refractivity contribution < 1.29 is 4.79 Å². The molecule has 0 bridgehead atoms. The summed E-state index contributed by atoms with van der Waals surface area (Å²) in [4.78, 5) is 19.7. The predicted octanol–water partition coefficient (Wildman–Crippen LogP) is 3.57. The second-order valence-corrected chi connectivity index (χ2v) is 10.4. The van der Waals surface area contributed by atoms with Crippen molar-refractivity contribution in [3.8, 4) is 0 Å². The summed E-state index contributed by atoms with van der Waals surface area (Å²) in [6.07, 6.45) is 6.22. The first kappa shape index (κ1) is 23.5. The number of hydrogen-bond acceptors (Lipinski definition) is 6. The zero-order valence-corrected chi connectivity index (χ0v) is 21.3. The number of aryl methyl sites for hydroxylation is 1. The minimum Gasteiger partial charge on any atom is -0.341 e. The Morgan fingerprint density at radius 2 is 1.74 bits per heavy atom. The lowest BCUT2D eigenvalue weighted by atomic mass is 10.1. The number of nitrogens with zero attached hydrogens (tertiary/aromatic N) is 6. The van der Waals surface area contributed by atoms with Gasteiger partial charge in [-0.1, -0.05) is 12.1 Å². The molecule has 3 fully saturated rings. The first-order chi connectivity index (χ1) is 16.5. The molecule has 1 saturated carbocycles. The van der Waals surface area contributed by atoms with E-state index in [0.29, 0.717) is 12.6 Å². The zero-order chi connectivity index (χ0) is 23.7. The number of carbonyl (C=O) groups is 1. The first-order valence-corrected chi connectivity index (χ1v) is 13.2. The molecule has 2 aromatic rings. The lowest BCUT2D eigenvalue weighted by Crippen LogP contribution is -2.49. The molecule has 0 atom stereocenters. The van der Waals surface area contributed by atoms with Crippen molar-refractivity contribution in [2.24, 2.45) is 0 Å². The molecule has 5 rings (SSSR count). The van der Waals surface area contributed by atoms with Crippen LogP contribution in [0.1, 0.15) is 49.3 Å². The summed E-state index contributed by atoms with van der Waals surface area (Å²) in [5.74, 6) is 1.13. The third kappa shape index (κ3) is 5.21. The van der Waals surface area contributed by atoms with Gasteiger partial charge >= 0.3 is 0 Å². The summed E-state index contributed by atoms with van der Waals surface area (Å²) in [7, 11) is 0. The molecule has 1 aromatic carbocycles. The number of hydrogen-bond donors (Lipinski definition) is 1. The van der Waals surface area contributed by atoms with E-state index in [2.05, 4.69) is 44.5 Å². The number of piperidine rings is 1. The van der Waals surface area contributed by atoms with Gasteiger partial charge in [-0.05, 0) is 75.4 Å². The number of aromatic nitrogens is 3. The fraction of sp³-hybridized carbons (Fsp3) is 0.640. The topological polar surface area (TPSA) is 61.6 Å². The number of piperazine rings is 1. The maximum Gasteiger partial charge on any atom is 0.238 e. The predicted molar refractivity (Wildman–Crippen MR) is 138 cm³/mol. The summed E-state index contributed by atoms with van der Waals surface area (Å²) >= 11 is 5.88. The lowest BCUT2D eigenvalue weighted by molar-refractivity contribution is -0.117. The average molecular weight is 484 g/mol. The summed E-state index contributed by atoms with van der Waals surface area (Å²) in [6.45, 7) is 11.0. The molecular formula is C25H37N7OS. The van der Waals surface area contributed by atoms with E-state index in [0.717, 1.165) is 67.9 Å². The minimum atomic E-state index is 0.0544. The van der Waals surface area contributed by atoms with Crippen LogP contribution < -0.4 is 10.2 Å². The molecule has 0 radical (unpaired) electrons. The number of rotatable bonds is 7. The van der Waals surface area contributed by atoms with Crippen LogP contribution in [0.3, 0.4) is 0 Å². The van der Waals surface area contributed by atoms with Crippen molar-refractivity contribution in [2.75, 3.05) is 56.0 Å². The van der Waals surface area contributed by atoms with Crippen molar-refractivity contribution >= 4 is 29.8 Å². The normalized spacial score (nSPS) is 20.0. The smallest absolute Gasteiger partial charge is 0.238 e. The van der Waals surface area contributed by atoms with Gasteiger partial charge in [0, 0.05) is 51.0 Å². The molecule has 1 aromatic heterocycles. The molecular weight excluding hydrogens is 446 g/mol. The molecule has 2 aliphatic heterocycles. The first-order valence-electron chi connectivity index (χ1n) is 12.7. The Balaban J connectivity index is 1.16. The molecule has 3 heterocycles. The van der Waals surface area contributed by atoms with Crippen molar-refractivity contribution in [3.63, 3.8) is 0 Å². The number of benzene rings is 1. The van der Waals surface area contributed by atoms with E-state index in [1.54, 1.807) is 0 Å². The molecule has 184 valence electrons. The van der Waals surface area contributed by atoms with Crippen molar-refractivity contribution in [2.45, 2.75) is 58.7 Å². The lowest BCUT2D eigenvalue weighted by Gasteiger charge is -2.34. The van der Waals surface area contributed by atoms with E-state index in [-0.39, 0.29) is 5.91 Å². The van der Waals surface area contributed by atoms with E-state index < -0.39 is 0 Å². The highest BCUT2D eigenvalue weighted by Gasteiger charge is 2.31. The quantitative estimate of drug-likeness (QED) is 0.608. The molecule has 9 heteroatoms. The highest BCUT2D eigenvalue weighted by Crippen LogP contribution is 2.38. The zero-order valence-electron chi connectivity index (χ0n) is 20.5. The Bertz CT molecular complexity index is 1080. The maximum atomic E-state index is 12.6. The highest BCUT2D eigenvalue weighted by molar-refractivity contribution is 7.71. The summed E-state index contributed by atoms with van der Waals surface area (Å²) in [5.41, 5.74) is 3.23. The summed E-state index contributed by atoms with van der Waals surface area (Å²) in [6, 6.07) is 6.56. The van der Waals surface area contributed by atoms with E-state index in [4.69, 9.17) is 17.3 Å². The second kappa shape index (κ2) is 10.2. The summed E-state index contributed by atoms with van der Waals surface area (Å²) < 4.78 is 5.20. The van der Waals surface area contributed by atoms with Crippen LogP contribution in [0.15, 0.2) is 18.2 Å². The molecule has 0 unspecified atom stereocenters. The fourth-order valence-corrected chi connectivity index (χ4v) is 5.35. The second-order valence-electron chi connectivity index (χ2n) is 10.1. The third-order valence-corrected chi connectivity index (χ3v) is 7.86. The Hall–Kier alpha value is -2.23. The molecule has 8 nitrogen and oxygen atoms in total. The van der Waals surface area contributed by atoms with Crippen molar-refractivity contribution in [3.05, 3.63) is 34.1 Å². The van der Waals surface area contributed by atoms with E-state index in [9.17, 15) is 4.79 Å². The van der Waals surface area contributed by atoms with Gasteiger partial charge in [0.15, 0.2) is 0 Å². The molecule has 1 amide bonds. The number of carbonyl (C=O) groups excluding carboxylic acids is 1. The van der Waals surface area contributed by atoms with Gasteiger partial charge in [0.1, 0.15) is 0 Å². The Labute approximate surface area is 207 Å². The van der Waals surface area contributed by atoms with Crippen LogP contribution in [-0.2, 0) is 11.5 Å². The van der Waals surface area contributed by atoms with Crippen LogP contribution in [-0.4, -0.2) is 75.9 Å². The highest BCUT2D eigenvalue weighted by atomic mass is 32.1. The van der Waals surface area contributed by atoms with Crippen molar-refractivity contribution in [1.82, 2.24) is 24.1 Å². The van der Waals surface area contributed by atoms with Crippen LogP contribution in [0.25, 0.3) is 0 Å². The van der Waals surface area contributed by atoms with Gasteiger partial charge in [-0.25, -0.2) is 4.68 Å². The number of anilines is 2. The Morgan fingerprint density at radius 3 is 2.44 bits per heavy atom. The molecule has 34 heavy (non-hydrogen) atoms. The SMILES string of the molecule is Cc1cccc(NC(=O)CN2CCN(Cn3nc(N4CCCCC4)n(C4CC4)c3=S)CC2)c1C. The minimum absolute atomic E-state index is 0.0544. The van der Waals surface area contributed by atoms with Gasteiger partial charge in [0.25, 0.3) is 0 Å². The Morgan fingerprint density at radius 1 is 1.03 bits per heavy atom. The van der Waals surface area contributed by atoms with Gasteiger partial charge in [-0.15, -0.1) is 5.10 Å². The van der Waals surface area contributed by atoms with Crippen LogP contribution in [0, 0.1) is 18.6 Å². The molecule has 3 aliphatic rings. The number of amides is 1. The fourth-order valence-electron chi connectivity index (χ4n) is 5.02. The summed E-state index contributed by atoms with van der Waals surface area (Å²) in [5, 5.41) is 8.08. The van der Waals surface area contributed by atoms with Gasteiger partial charge in [-0.2, -0.15) is 0 Å². The van der Waals surface area contributed by atoms with Crippen LogP contribution in [0.5, 0.6) is 0 Å². The van der Waals surface area contributed by atoms with Gasteiger partial charge in [-0.3, -0.25) is 19.2 Å². The monoisotopic (exact) mass is 483 g/mol. The number of nitrogens with one attached hydrogen (secondary N) is 1. The standard InChI is InChI=1S/C25H37N7OS/c1-19-7-6-8-22(20(19)2)26-23(33)17-28-13-15-29(16-14-28)18-31-25(34)32(21-9-10-21)24(27-31)30-11-4-3-5-12-30/h6-8,21H,3-5,9-18H2,1-2H3,(H,26,33). The molecule has 1 aliphatic carbocycles. The molecule has 2 saturated heterocycles. The van der Waals surface area contributed by atoms with Crippen molar-refractivity contribution in [1.29, 1.82) is 0 Å². The average Bonchev–Trinajstić information content (AvgIpc) is 3.62. The van der Waals surface area contributed by atoms with E-state index >= 15 is 0 Å². The van der Waals surface area contributed by atoms with Gasteiger partial charge in [0.2, 0.25) is 16.6 Å². The molecule has 0 spiro atoms.